The average Bonchev–Trinajstić information content (AvgIpc) is 3.18. The Morgan fingerprint density at radius 3 is 2.42 bits per heavy atom. The molecular weight excluding hydrogens is 354 g/mol. The second kappa shape index (κ2) is 8.47. The first-order valence-corrected chi connectivity index (χ1v) is 10.6. The van der Waals surface area contributed by atoms with E-state index in [4.69, 9.17) is 4.74 Å². The number of carbonyl (C=O) groups is 1. The quantitative estimate of drug-likeness (QED) is 0.808. The van der Waals surface area contributed by atoms with Crippen molar-refractivity contribution in [3.05, 3.63) is 24.3 Å². The van der Waals surface area contributed by atoms with Crippen LogP contribution in [0.2, 0.25) is 0 Å². The Morgan fingerprint density at radius 2 is 1.81 bits per heavy atom. The lowest BCUT2D eigenvalue weighted by molar-refractivity contribution is -0.117. The molecule has 1 saturated heterocycles. The Bertz CT molecular complexity index is 708. The van der Waals surface area contributed by atoms with E-state index in [2.05, 4.69) is 10.2 Å². The summed E-state index contributed by atoms with van der Waals surface area (Å²) in [5, 5.41) is 2.85. The van der Waals surface area contributed by atoms with Crippen LogP contribution in [0.3, 0.4) is 0 Å². The van der Waals surface area contributed by atoms with Crippen molar-refractivity contribution in [3.8, 4) is 0 Å². The number of rotatable bonds is 6. The van der Waals surface area contributed by atoms with Gasteiger partial charge in [-0.1, -0.05) is 12.8 Å². The van der Waals surface area contributed by atoms with Crippen LogP contribution < -0.4 is 5.32 Å². The fraction of sp³-hybridized carbons (Fsp3) is 0.611. The van der Waals surface area contributed by atoms with Gasteiger partial charge in [-0.2, -0.15) is 4.31 Å². The van der Waals surface area contributed by atoms with Crippen LogP contribution in [-0.4, -0.2) is 69.5 Å². The van der Waals surface area contributed by atoms with E-state index >= 15 is 0 Å². The van der Waals surface area contributed by atoms with E-state index in [1.54, 1.807) is 24.3 Å². The average molecular weight is 381 g/mol. The number of benzene rings is 1. The summed E-state index contributed by atoms with van der Waals surface area (Å²) in [6, 6.07) is 6.85. The zero-order valence-electron chi connectivity index (χ0n) is 15.2. The first-order valence-electron chi connectivity index (χ1n) is 9.15. The molecule has 3 rings (SSSR count). The van der Waals surface area contributed by atoms with Gasteiger partial charge in [-0.15, -0.1) is 0 Å². The molecule has 0 unspecified atom stereocenters. The summed E-state index contributed by atoms with van der Waals surface area (Å²) in [6.45, 7) is 1.92. The highest BCUT2D eigenvalue weighted by atomic mass is 32.2. The van der Waals surface area contributed by atoms with Crippen molar-refractivity contribution in [1.29, 1.82) is 0 Å². The smallest absolute Gasteiger partial charge is 0.243 e. The molecule has 2 fully saturated rings. The predicted octanol–water partition coefficient (Wildman–Crippen LogP) is 1.52. The summed E-state index contributed by atoms with van der Waals surface area (Å²) in [7, 11) is -1.53. The van der Waals surface area contributed by atoms with Crippen molar-refractivity contribution in [1.82, 2.24) is 9.21 Å². The summed E-state index contributed by atoms with van der Waals surface area (Å²) in [5.41, 5.74) is 0.607. The van der Waals surface area contributed by atoms with E-state index in [1.165, 1.54) is 17.1 Å². The molecule has 1 amide bonds. The molecule has 26 heavy (non-hydrogen) atoms. The lowest BCUT2D eigenvalue weighted by Crippen LogP contribution is -2.40. The Balaban J connectivity index is 1.57. The van der Waals surface area contributed by atoms with Crippen LogP contribution in [0.4, 0.5) is 5.69 Å². The fourth-order valence-electron chi connectivity index (χ4n) is 3.55. The second-order valence-corrected chi connectivity index (χ2v) is 8.88. The predicted molar refractivity (Wildman–Crippen MR) is 99.5 cm³/mol. The van der Waals surface area contributed by atoms with Gasteiger partial charge in [-0.3, -0.25) is 9.69 Å². The van der Waals surface area contributed by atoms with Crippen LogP contribution in [0.25, 0.3) is 0 Å². The maximum absolute atomic E-state index is 12.6. The molecule has 0 radical (unpaired) electrons. The van der Waals surface area contributed by atoms with Gasteiger partial charge in [0.15, 0.2) is 0 Å². The highest BCUT2D eigenvalue weighted by Crippen LogP contribution is 2.22. The minimum atomic E-state index is -3.50. The van der Waals surface area contributed by atoms with Crippen LogP contribution in [0.1, 0.15) is 25.7 Å². The molecule has 0 bridgehead atoms. The van der Waals surface area contributed by atoms with Crippen molar-refractivity contribution in [2.45, 2.75) is 36.6 Å². The van der Waals surface area contributed by atoms with E-state index < -0.39 is 10.0 Å². The highest BCUT2D eigenvalue weighted by Gasteiger charge is 2.26. The molecule has 7 nitrogen and oxygen atoms in total. The number of carbonyl (C=O) groups excluding carboxylic acids is 1. The monoisotopic (exact) mass is 381 g/mol. The van der Waals surface area contributed by atoms with Crippen molar-refractivity contribution < 1.29 is 17.9 Å². The Labute approximate surface area is 155 Å². The van der Waals surface area contributed by atoms with Gasteiger partial charge in [0.2, 0.25) is 15.9 Å². The van der Waals surface area contributed by atoms with Crippen LogP contribution in [0.5, 0.6) is 0 Å². The molecule has 0 atom stereocenters. The van der Waals surface area contributed by atoms with Gasteiger partial charge in [-0.05, 0) is 44.2 Å². The standard InChI is InChI=1S/C18H27N3O4S/c1-20(16-4-2-3-5-16)14-18(22)19-15-6-8-17(9-7-15)26(23,24)21-10-12-25-13-11-21/h6-9,16H,2-5,10-14H2,1H3,(H,19,22). The summed E-state index contributed by atoms with van der Waals surface area (Å²) < 4.78 is 31.8. The molecule has 1 aliphatic heterocycles. The number of nitrogens with zero attached hydrogens (tertiary/aromatic N) is 2. The molecule has 1 heterocycles. The minimum absolute atomic E-state index is 0.0804. The zero-order valence-corrected chi connectivity index (χ0v) is 16.0. The van der Waals surface area contributed by atoms with Gasteiger partial charge >= 0.3 is 0 Å². The third-order valence-electron chi connectivity index (χ3n) is 5.09. The highest BCUT2D eigenvalue weighted by molar-refractivity contribution is 7.89. The lowest BCUT2D eigenvalue weighted by Gasteiger charge is -2.26. The summed E-state index contributed by atoms with van der Waals surface area (Å²) >= 11 is 0. The third-order valence-corrected chi connectivity index (χ3v) is 7.00. The fourth-order valence-corrected chi connectivity index (χ4v) is 4.96. The molecular formula is C18H27N3O4S. The van der Waals surface area contributed by atoms with Crippen LogP contribution in [0.15, 0.2) is 29.2 Å². The number of sulfonamides is 1. The number of amides is 1. The van der Waals surface area contributed by atoms with Gasteiger partial charge in [-0.25, -0.2) is 8.42 Å². The third kappa shape index (κ3) is 4.62. The van der Waals surface area contributed by atoms with Gasteiger partial charge in [0, 0.05) is 24.8 Å². The zero-order chi connectivity index (χ0) is 18.6. The Morgan fingerprint density at radius 1 is 1.19 bits per heavy atom. The van der Waals surface area contributed by atoms with E-state index in [9.17, 15) is 13.2 Å². The van der Waals surface area contributed by atoms with Crippen LogP contribution >= 0.6 is 0 Å². The second-order valence-electron chi connectivity index (χ2n) is 6.94. The van der Waals surface area contributed by atoms with E-state index in [-0.39, 0.29) is 10.8 Å². The summed E-state index contributed by atoms with van der Waals surface area (Å²) in [6.07, 6.45) is 4.77. The van der Waals surface area contributed by atoms with Crippen molar-refractivity contribution >= 4 is 21.6 Å². The molecule has 1 saturated carbocycles. The van der Waals surface area contributed by atoms with Gasteiger partial charge in [0.25, 0.3) is 0 Å². The van der Waals surface area contributed by atoms with E-state index in [1.807, 2.05) is 7.05 Å². The maximum Gasteiger partial charge on any atom is 0.243 e. The number of anilines is 1. The molecule has 2 aliphatic rings. The number of nitrogens with one attached hydrogen (secondary N) is 1. The molecule has 1 N–H and O–H groups in total. The maximum atomic E-state index is 12.6. The van der Waals surface area contributed by atoms with Gasteiger partial charge in [0.05, 0.1) is 24.7 Å². The number of ether oxygens (including phenoxy) is 1. The molecule has 0 aromatic heterocycles. The largest absolute Gasteiger partial charge is 0.379 e. The minimum Gasteiger partial charge on any atom is -0.379 e. The molecule has 0 spiro atoms. The Kier molecular flexibility index (Phi) is 6.29. The normalized spacial score (nSPS) is 19.8. The molecule has 1 aromatic rings. The number of hydrogen-bond donors (Lipinski definition) is 1. The first kappa shape index (κ1) is 19.3. The molecule has 1 aliphatic carbocycles. The van der Waals surface area contributed by atoms with E-state index in [0.29, 0.717) is 44.6 Å². The molecule has 1 aromatic carbocycles. The lowest BCUT2D eigenvalue weighted by atomic mass is 10.2. The van der Waals surface area contributed by atoms with Gasteiger partial charge in [0.1, 0.15) is 0 Å². The molecule has 8 heteroatoms. The first-order chi connectivity index (χ1) is 12.5. The van der Waals surface area contributed by atoms with Crippen molar-refractivity contribution in [2.75, 3.05) is 45.2 Å². The van der Waals surface area contributed by atoms with Crippen LogP contribution in [-0.2, 0) is 19.6 Å². The van der Waals surface area contributed by atoms with Crippen molar-refractivity contribution in [3.63, 3.8) is 0 Å². The number of likely N-dealkylation sites (N-methyl/N-ethyl adjacent to an activating group) is 1. The molecule has 144 valence electrons. The summed E-state index contributed by atoms with van der Waals surface area (Å²) in [5.74, 6) is -0.0804. The summed E-state index contributed by atoms with van der Waals surface area (Å²) in [4.78, 5) is 14.5. The van der Waals surface area contributed by atoms with Gasteiger partial charge < -0.3 is 10.1 Å². The number of hydrogen-bond acceptors (Lipinski definition) is 5. The SMILES string of the molecule is CN(CC(=O)Nc1ccc(S(=O)(=O)N2CCOCC2)cc1)C1CCCC1. The van der Waals surface area contributed by atoms with Crippen molar-refractivity contribution in [2.24, 2.45) is 0 Å². The topological polar surface area (TPSA) is 79.0 Å². The number of morpholine rings is 1. The van der Waals surface area contributed by atoms with Crippen LogP contribution in [0, 0.1) is 0 Å². The Hall–Kier alpha value is -1.48. The van der Waals surface area contributed by atoms with E-state index in [0.717, 1.165) is 12.8 Å².